The topological polar surface area (TPSA) is 101 Å². The van der Waals surface area contributed by atoms with Crippen molar-refractivity contribution in [2.45, 2.75) is 12.8 Å². The van der Waals surface area contributed by atoms with Gasteiger partial charge >= 0.3 is 5.97 Å². The molecular formula is C11H13NO5S2. The highest BCUT2D eigenvalue weighted by Crippen LogP contribution is 2.25. The zero-order valence-corrected chi connectivity index (χ0v) is 11.6. The smallest absolute Gasteiger partial charge is 0.338 e. The molecule has 1 atom stereocenters. The second-order valence-electron chi connectivity index (χ2n) is 4.49. The summed E-state index contributed by atoms with van der Waals surface area (Å²) >= 11 is 1.13. The number of carboxylic acid groups (broad SMARTS) is 1. The van der Waals surface area contributed by atoms with E-state index in [1.54, 1.807) is 5.38 Å². The molecule has 1 aliphatic heterocycles. The number of nitrogens with one attached hydrogen (secondary N) is 1. The molecule has 1 saturated heterocycles. The Labute approximate surface area is 114 Å². The van der Waals surface area contributed by atoms with Crippen LogP contribution in [0.15, 0.2) is 11.4 Å². The maximum absolute atomic E-state index is 11.8. The van der Waals surface area contributed by atoms with Gasteiger partial charge in [0, 0.05) is 6.42 Å². The van der Waals surface area contributed by atoms with Crippen LogP contribution in [-0.2, 0) is 14.6 Å². The standard InChI is InChI=1S/C11H13NO5S2/c13-9(5-7-2-4-19(16,17)6-7)12-10-8(11(14)15)1-3-18-10/h1,3,7H,2,4-6H2,(H,12,13)(H,14,15). The van der Waals surface area contributed by atoms with E-state index in [0.29, 0.717) is 11.4 Å². The molecule has 19 heavy (non-hydrogen) atoms. The molecular weight excluding hydrogens is 290 g/mol. The fourth-order valence-corrected chi connectivity index (χ4v) is 4.70. The molecule has 2 N–H and O–H groups in total. The minimum atomic E-state index is -3.00. The van der Waals surface area contributed by atoms with Crippen molar-refractivity contribution < 1.29 is 23.1 Å². The third kappa shape index (κ3) is 3.54. The predicted octanol–water partition coefficient (Wildman–Crippen LogP) is 1.21. The number of amides is 1. The van der Waals surface area contributed by atoms with Gasteiger partial charge in [-0.3, -0.25) is 4.79 Å². The van der Waals surface area contributed by atoms with Gasteiger partial charge in [0.25, 0.3) is 0 Å². The Morgan fingerprint density at radius 2 is 2.21 bits per heavy atom. The van der Waals surface area contributed by atoms with Crippen LogP contribution in [-0.4, -0.2) is 36.9 Å². The van der Waals surface area contributed by atoms with Crippen LogP contribution in [0.3, 0.4) is 0 Å². The number of carbonyl (C=O) groups is 2. The molecule has 0 bridgehead atoms. The molecule has 1 unspecified atom stereocenters. The van der Waals surface area contributed by atoms with Crippen LogP contribution < -0.4 is 5.32 Å². The predicted molar refractivity (Wildman–Crippen MR) is 71.3 cm³/mol. The van der Waals surface area contributed by atoms with Crippen molar-refractivity contribution in [1.29, 1.82) is 0 Å². The van der Waals surface area contributed by atoms with Gasteiger partial charge in [0.15, 0.2) is 9.84 Å². The van der Waals surface area contributed by atoms with Gasteiger partial charge in [0.2, 0.25) is 5.91 Å². The normalized spacial score (nSPS) is 21.2. The maximum Gasteiger partial charge on any atom is 0.338 e. The van der Waals surface area contributed by atoms with E-state index in [-0.39, 0.29) is 35.3 Å². The molecule has 2 rings (SSSR count). The van der Waals surface area contributed by atoms with Crippen molar-refractivity contribution in [2.24, 2.45) is 5.92 Å². The molecule has 1 aliphatic rings. The Morgan fingerprint density at radius 3 is 2.79 bits per heavy atom. The van der Waals surface area contributed by atoms with Crippen LogP contribution in [0.25, 0.3) is 0 Å². The summed E-state index contributed by atoms with van der Waals surface area (Å²) < 4.78 is 22.6. The van der Waals surface area contributed by atoms with Gasteiger partial charge < -0.3 is 10.4 Å². The molecule has 1 amide bonds. The van der Waals surface area contributed by atoms with E-state index in [9.17, 15) is 18.0 Å². The molecule has 1 aromatic heterocycles. The van der Waals surface area contributed by atoms with Crippen molar-refractivity contribution in [1.82, 2.24) is 0 Å². The van der Waals surface area contributed by atoms with Crippen LogP contribution in [0.5, 0.6) is 0 Å². The second-order valence-corrected chi connectivity index (χ2v) is 7.63. The van der Waals surface area contributed by atoms with Crippen LogP contribution in [0.1, 0.15) is 23.2 Å². The molecule has 8 heteroatoms. The van der Waals surface area contributed by atoms with Gasteiger partial charge in [0.1, 0.15) is 5.00 Å². The van der Waals surface area contributed by atoms with Gasteiger partial charge in [-0.1, -0.05) is 0 Å². The lowest BCUT2D eigenvalue weighted by Crippen LogP contribution is -2.18. The van der Waals surface area contributed by atoms with E-state index in [1.165, 1.54) is 6.07 Å². The Morgan fingerprint density at radius 1 is 1.47 bits per heavy atom. The quantitative estimate of drug-likeness (QED) is 0.870. The summed E-state index contributed by atoms with van der Waals surface area (Å²) in [6.07, 6.45) is 0.599. The number of carboxylic acids is 1. The third-order valence-corrected chi connectivity index (χ3v) is 5.62. The lowest BCUT2D eigenvalue weighted by molar-refractivity contribution is -0.116. The second kappa shape index (κ2) is 5.30. The van der Waals surface area contributed by atoms with Crippen molar-refractivity contribution in [3.05, 3.63) is 17.0 Å². The minimum absolute atomic E-state index is 0.0383. The molecule has 104 valence electrons. The van der Waals surface area contributed by atoms with Crippen LogP contribution in [0, 0.1) is 5.92 Å². The first-order valence-electron chi connectivity index (χ1n) is 5.68. The third-order valence-electron chi connectivity index (χ3n) is 2.95. The zero-order valence-electron chi connectivity index (χ0n) is 9.96. The molecule has 0 saturated carbocycles. The molecule has 2 heterocycles. The van der Waals surface area contributed by atoms with E-state index in [1.807, 2.05) is 0 Å². The maximum atomic E-state index is 11.8. The average molecular weight is 303 g/mol. The summed E-state index contributed by atoms with van der Waals surface area (Å²) in [5, 5.41) is 13.3. The summed E-state index contributed by atoms with van der Waals surface area (Å²) in [6.45, 7) is 0. The van der Waals surface area contributed by atoms with Gasteiger partial charge in [-0.15, -0.1) is 11.3 Å². The van der Waals surface area contributed by atoms with Crippen molar-refractivity contribution in [3.63, 3.8) is 0 Å². The molecule has 1 aromatic rings. The largest absolute Gasteiger partial charge is 0.478 e. The highest BCUT2D eigenvalue weighted by molar-refractivity contribution is 7.91. The number of hydrogen-bond acceptors (Lipinski definition) is 5. The van der Waals surface area contributed by atoms with Crippen LogP contribution in [0.2, 0.25) is 0 Å². The van der Waals surface area contributed by atoms with E-state index in [4.69, 9.17) is 5.11 Å². The number of sulfone groups is 1. The van der Waals surface area contributed by atoms with Gasteiger partial charge in [0.05, 0.1) is 17.1 Å². The Balaban J connectivity index is 1.95. The summed E-state index contributed by atoms with van der Waals surface area (Å²) in [5.74, 6) is -1.44. The Hall–Kier alpha value is -1.41. The van der Waals surface area contributed by atoms with Gasteiger partial charge in [-0.2, -0.15) is 0 Å². The molecule has 1 fully saturated rings. The summed E-state index contributed by atoms with van der Waals surface area (Å²) in [4.78, 5) is 22.6. The van der Waals surface area contributed by atoms with Crippen LogP contribution >= 0.6 is 11.3 Å². The highest BCUT2D eigenvalue weighted by Gasteiger charge is 2.29. The minimum Gasteiger partial charge on any atom is -0.478 e. The molecule has 0 spiro atoms. The average Bonchev–Trinajstić information content (AvgIpc) is 2.85. The van der Waals surface area contributed by atoms with Gasteiger partial charge in [-0.25, -0.2) is 13.2 Å². The Kier molecular flexibility index (Phi) is 3.91. The van der Waals surface area contributed by atoms with Crippen molar-refractivity contribution in [3.8, 4) is 0 Å². The Bertz CT molecular complexity index is 604. The summed E-state index contributed by atoms with van der Waals surface area (Å²) in [5.41, 5.74) is 0.0531. The summed E-state index contributed by atoms with van der Waals surface area (Å²) in [6, 6.07) is 1.42. The number of carbonyl (C=O) groups excluding carboxylic acids is 1. The first kappa shape index (κ1) is 14.0. The lowest BCUT2D eigenvalue weighted by Gasteiger charge is -2.08. The van der Waals surface area contributed by atoms with E-state index >= 15 is 0 Å². The number of aromatic carboxylic acids is 1. The number of rotatable bonds is 4. The first-order valence-corrected chi connectivity index (χ1v) is 8.38. The van der Waals surface area contributed by atoms with E-state index in [0.717, 1.165) is 11.3 Å². The van der Waals surface area contributed by atoms with Crippen molar-refractivity contribution in [2.75, 3.05) is 16.8 Å². The number of anilines is 1. The number of hydrogen-bond donors (Lipinski definition) is 2. The molecule has 6 nitrogen and oxygen atoms in total. The lowest BCUT2D eigenvalue weighted by atomic mass is 10.1. The first-order chi connectivity index (χ1) is 8.87. The molecule has 0 aliphatic carbocycles. The molecule has 0 radical (unpaired) electrons. The van der Waals surface area contributed by atoms with E-state index in [2.05, 4.69) is 5.32 Å². The van der Waals surface area contributed by atoms with Gasteiger partial charge in [-0.05, 0) is 23.8 Å². The molecule has 0 aromatic carbocycles. The van der Waals surface area contributed by atoms with Crippen molar-refractivity contribution >= 4 is 38.1 Å². The summed E-state index contributed by atoms with van der Waals surface area (Å²) in [7, 11) is -3.00. The highest BCUT2D eigenvalue weighted by atomic mass is 32.2. The number of thiophene rings is 1. The van der Waals surface area contributed by atoms with Crippen LogP contribution in [0.4, 0.5) is 5.00 Å². The zero-order chi connectivity index (χ0) is 14.0. The van der Waals surface area contributed by atoms with E-state index < -0.39 is 15.8 Å². The monoisotopic (exact) mass is 303 g/mol. The SMILES string of the molecule is O=C(CC1CCS(=O)(=O)C1)Nc1sccc1C(=O)O. The fourth-order valence-electron chi connectivity index (χ4n) is 2.05. The fraction of sp³-hybridized carbons (Fsp3) is 0.455.